The Hall–Kier alpha value is -1.51. The molecule has 0 unspecified atom stereocenters. The van der Waals surface area contributed by atoms with Gasteiger partial charge >= 0.3 is 0 Å². The van der Waals surface area contributed by atoms with Crippen molar-refractivity contribution in [3.05, 3.63) is 36.6 Å². The molecule has 11 heavy (non-hydrogen) atoms. The van der Waals surface area contributed by atoms with E-state index >= 15 is 0 Å². The van der Waals surface area contributed by atoms with Gasteiger partial charge in [-0.3, -0.25) is 4.79 Å². The highest BCUT2D eigenvalue weighted by atomic mass is 16.5. The van der Waals surface area contributed by atoms with Crippen molar-refractivity contribution < 1.29 is 9.53 Å². The molecular weight excluding hydrogens is 142 g/mol. The zero-order chi connectivity index (χ0) is 8.10. The number of ether oxygens (including phenoxy) is 1. The van der Waals surface area contributed by atoms with Crippen molar-refractivity contribution in [2.24, 2.45) is 0 Å². The fraction of sp³-hybridized carbons (Fsp3) is 0.125. The first-order chi connectivity index (χ1) is 5.33. The maximum Gasteiger partial charge on any atom is 0.250 e. The topological polar surface area (TPSA) is 38.3 Å². The minimum atomic E-state index is -0.125. The van der Waals surface area contributed by atoms with E-state index in [-0.39, 0.29) is 12.6 Å². The zero-order valence-corrected chi connectivity index (χ0v) is 6.04. The van der Waals surface area contributed by atoms with Gasteiger partial charge in [-0.1, -0.05) is 18.7 Å². The van der Waals surface area contributed by atoms with E-state index < -0.39 is 0 Å². The number of rotatable bonds is 2. The highest BCUT2D eigenvalue weighted by Crippen LogP contribution is 2.02. The van der Waals surface area contributed by atoms with E-state index in [4.69, 9.17) is 4.74 Å². The lowest BCUT2D eigenvalue weighted by atomic mass is 10.3. The fourth-order valence-corrected chi connectivity index (χ4v) is 0.672. The van der Waals surface area contributed by atoms with Gasteiger partial charge in [0.2, 0.25) is 5.91 Å². The van der Waals surface area contributed by atoms with Crippen molar-refractivity contribution in [3.8, 4) is 0 Å². The van der Waals surface area contributed by atoms with Crippen molar-refractivity contribution in [2.45, 2.75) is 0 Å². The lowest BCUT2D eigenvalue weighted by molar-refractivity contribution is -0.119. The highest BCUT2D eigenvalue weighted by molar-refractivity contribution is 5.88. The van der Waals surface area contributed by atoms with Gasteiger partial charge in [0.15, 0.2) is 6.73 Å². The Morgan fingerprint density at radius 2 is 2.55 bits per heavy atom. The van der Waals surface area contributed by atoms with Crippen LogP contribution in [0.5, 0.6) is 0 Å². The number of amides is 1. The summed E-state index contributed by atoms with van der Waals surface area (Å²) in [6.07, 6.45) is 6.41. The van der Waals surface area contributed by atoms with Crippen molar-refractivity contribution >= 4 is 5.91 Å². The van der Waals surface area contributed by atoms with E-state index in [1.165, 1.54) is 6.08 Å². The number of allylic oxidation sites excluding steroid dienone is 3. The molecule has 0 aliphatic carbocycles. The molecule has 0 aromatic heterocycles. The average Bonchev–Trinajstić information content (AvgIpc) is 2.01. The van der Waals surface area contributed by atoms with Gasteiger partial charge in [0, 0.05) is 6.08 Å². The van der Waals surface area contributed by atoms with Crippen LogP contribution < -0.4 is 5.32 Å². The Morgan fingerprint density at radius 3 is 3.18 bits per heavy atom. The molecule has 0 aromatic rings. The molecule has 0 radical (unpaired) electrons. The molecule has 0 atom stereocenters. The third kappa shape index (κ3) is 2.29. The van der Waals surface area contributed by atoms with Crippen molar-refractivity contribution in [3.63, 3.8) is 0 Å². The smallest absolute Gasteiger partial charge is 0.250 e. The first-order valence-corrected chi connectivity index (χ1v) is 3.24. The molecule has 0 saturated carbocycles. The molecule has 3 heteroatoms. The molecule has 1 N–H and O–H groups in total. The summed E-state index contributed by atoms with van der Waals surface area (Å²) in [6.45, 7) is 3.74. The van der Waals surface area contributed by atoms with Gasteiger partial charge < -0.3 is 10.1 Å². The number of hydrogen-bond donors (Lipinski definition) is 1. The van der Waals surface area contributed by atoms with Crippen molar-refractivity contribution in [2.75, 3.05) is 6.73 Å². The van der Waals surface area contributed by atoms with E-state index in [1.807, 2.05) is 0 Å². The van der Waals surface area contributed by atoms with E-state index in [9.17, 15) is 4.79 Å². The first-order valence-electron chi connectivity index (χ1n) is 3.24. The third-order valence-corrected chi connectivity index (χ3v) is 1.16. The largest absolute Gasteiger partial charge is 0.473 e. The second kappa shape index (κ2) is 3.61. The Kier molecular flexibility index (Phi) is 2.49. The minimum Gasteiger partial charge on any atom is -0.473 e. The number of carbonyl (C=O) groups excluding carboxylic acids is 1. The second-order valence-corrected chi connectivity index (χ2v) is 1.97. The third-order valence-electron chi connectivity index (χ3n) is 1.16. The molecule has 58 valence electrons. The molecule has 1 rings (SSSR count). The number of hydrogen-bond acceptors (Lipinski definition) is 2. The average molecular weight is 151 g/mol. The van der Waals surface area contributed by atoms with Crippen LogP contribution in [0.25, 0.3) is 0 Å². The molecule has 1 aliphatic heterocycles. The maximum absolute atomic E-state index is 10.7. The van der Waals surface area contributed by atoms with E-state index in [1.54, 1.807) is 18.2 Å². The lowest BCUT2D eigenvalue weighted by Crippen LogP contribution is -2.28. The van der Waals surface area contributed by atoms with E-state index in [0.717, 1.165) is 0 Å². The van der Waals surface area contributed by atoms with Crippen LogP contribution in [0.1, 0.15) is 0 Å². The number of carbonyl (C=O) groups is 1. The molecule has 0 fully saturated rings. The summed E-state index contributed by atoms with van der Waals surface area (Å²) in [5, 5.41) is 2.49. The predicted molar refractivity (Wildman–Crippen MR) is 41.5 cm³/mol. The van der Waals surface area contributed by atoms with Gasteiger partial charge in [-0.2, -0.15) is 0 Å². The predicted octanol–water partition coefficient (Wildman–Crippen LogP) is 0.716. The summed E-state index contributed by atoms with van der Waals surface area (Å²) < 4.78 is 5.04. The van der Waals surface area contributed by atoms with Gasteiger partial charge in [0.25, 0.3) is 0 Å². The summed E-state index contributed by atoms with van der Waals surface area (Å²) in [7, 11) is 0. The van der Waals surface area contributed by atoms with E-state index in [0.29, 0.717) is 5.76 Å². The van der Waals surface area contributed by atoms with Crippen LogP contribution >= 0.6 is 0 Å². The standard InChI is InChI=1S/C8H9NO2/c1-2-3-4-7-5-8(10)9-6-11-7/h2-5H,1,6H2,(H,9,10). The van der Waals surface area contributed by atoms with Crippen molar-refractivity contribution in [1.29, 1.82) is 0 Å². The Morgan fingerprint density at radius 1 is 1.73 bits per heavy atom. The van der Waals surface area contributed by atoms with Crippen LogP contribution in [-0.2, 0) is 9.53 Å². The Balaban J connectivity index is 2.63. The minimum absolute atomic E-state index is 0.125. The Bertz CT molecular complexity index is 228. The van der Waals surface area contributed by atoms with Crippen LogP contribution in [0, 0.1) is 0 Å². The quantitative estimate of drug-likeness (QED) is 0.590. The summed E-state index contributed by atoms with van der Waals surface area (Å²) in [5.41, 5.74) is 0. The lowest BCUT2D eigenvalue weighted by Gasteiger charge is -2.11. The van der Waals surface area contributed by atoms with Gasteiger partial charge in [-0.15, -0.1) is 0 Å². The summed E-state index contributed by atoms with van der Waals surface area (Å²) in [5.74, 6) is 0.439. The van der Waals surface area contributed by atoms with E-state index in [2.05, 4.69) is 11.9 Å². The monoisotopic (exact) mass is 151 g/mol. The highest BCUT2D eigenvalue weighted by Gasteiger charge is 2.05. The van der Waals surface area contributed by atoms with Crippen LogP contribution in [-0.4, -0.2) is 12.6 Å². The zero-order valence-electron chi connectivity index (χ0n) is 6.04. The molecule has 0 aromatic carbocycles. The van der Waals surface area contributed by atoms with Crippen LogP contribution in [0.3, 0.4) is 0 Å². The molecule has 1 heterocycles. The normalized spacial score (nSPS) is 17.1. The molecule has 1 amide bonds. The number of nitrogens with one attached hydrogen (secondary N) is 1. The molecule has 0 spiro atoms. The summed E-state index contributed by atoms with van der Waals surface area (Å²) in [4.78, 5) is 10.7. The fourth-order valence-electron chi connectivity index (χ4n) is 0.672. The molecule has 3 nitrogen and oxygen atoms in total. The van der Waals surface area contributed by atoms with Crippen LogP contribution in [0.15, 0.2) is 36.6 Å². The van der Waals surface area contributed by atoms with Gasteiger partial charge in [0.05, 0.1) is 0 Å². The SMILES string of the molecule is C=CC=CC1=CC(=O)NCO1. The maximum atomic E-state index is 10.7. The van der Waals surface area contributed by atoms with Gasteiger partial charge in [0.1, 0.15) is 5.76 Å². The van der Waals surface area contributed by atoms with Crippen LogP contribution in [0.2, 0.25) is 0 Å². The van der Waals surface area contributed by atoms with Crippen molar-refractivity contribution in [1.82, 2.24) is 5.32 Å². The molecule has 0 saturated heterocycles. The van der Waals surface area contributed by atoms with Gasteiger partial charge in [-0.25, -0.2) is 0 Å². The van der Waals surface area contributed by atoms with Gasteiger partial charge in [-0.05, 0) is 6.08 Å². The second-order valence-electron chi connectivity index (χ2n) is 1.97. The molecular formula is C8H9NO2. The summed E-state index contributed by atoms with van der Waals surface area (Å²) in [6, 6.07) is 0. The summed E-state index contributed by atoms with van der Waals surface area (Å²) >= 11 is 0. The Labute approximate surface area is 65.0 Å². The first kappa shape index (κ1) is 7.60. The molecule has 1 aliphatic rings. The molecule has 0 bridgehead atoms. The van der Waals surface area contributed by atoms with Crippen LogP contribution in [0.4, 0.5) is 0 Å².